The van der Waals surface area contributed by atoms with Crippen LogP contribution >= 0.6 is 0 Å². The van der Waals surface area contributed by atoms with E-state index in [1.165, 1.54) is 0 Å². The van der Waals surface area contributed by atoms with Gasteiger partial charge in [0.05, 0.1) is 6.61 Å². The molecule has 2 rings (SSSR count). The fourth-order valence-corrected chi connectivity index (χ4v) is 2.96. The molecule has 30 heavy (non-hydrogen) atoms. The van der Waals surface area contributed by atoms with Gasteiger partial charge in [0.1, 0.15) is 11.8 Å². The molecule has 0 saturated heterocycles. The van der Waals surface area contributed by atoms with E-state index in [-0.39, 0.29) is 11.8 Å². The van der Waals surface area contributed by atoms with Crippen LogP contribution < -0.4 is 20.9 Å². The molecule has 160 valence electrons. The summed E-state index contributed by atoms with van der Waals surface area (Å²) in [6, 6.07) is 11.3. The third kappa shape index (κ3) is 6.07. The zero-order chi connectivity index (χ0) is 22.3. The van der Waals surface area contributed by atoms with Crippen molar-refractivity contribution in [1.29, 1.82) is 0 Å². The van der Waals surface area contributed by atoms with Crippen molar-refractivity contribution in [2.24, 2.45) is 5.92 Å². The summed E-state index contributed by atoms with van der Waals surface area (Å²) in [6.45, 7) is 9.82. The fraction of sp³-hybridized carbons (Fsp3) is 0.348. The molecule has 0 saturated carbocycles. The summed E-state index contributed by atoms with van der Waals surface area (Å²) in [4.78, 5) is 37.5. The molecule has 7 nitrogen and oxygen atoms in total. The average molecular weight is 412 g/mol. The molecule has 0 fully saturated rings. The lowest BCUT2D eigenvalue weighted by atomic mass is 10.0. The fourth-order valence-electron chi connectivity index (χ4n) is 2.96. The molecule has 1 atom stereocenters. The van der Waals surface area contributed by atoms with E-state index >= 15 is 0 Å². The van der Waals surface area contributed by atoms with Crippen LogP contribution in [-0.4, -0.2) is 30.4 Å². The van der Waals surface area contributed by atoms with E-state index in [4.69, 9.17) is 4.74 Å². The highest BCUT2D eigenvalue weighted by atomic mass is 16.5. The molecular weight excluding hydrogens is 382 g/mol. The topological polar surface area (TPSA) is 96.5 Å². The number of aryl methyl sites for hydroxylation is 2. The van der Waals surface area contributed by atoms with Gasteiger partial charge in [-0.05, 0) is 62.6 Å². The average Bonchev–Trinajstić information content (AvgIpc) is 2.70. The first-order chi connectivity index (χ1) is 14.2. The molecule has 0 bridgehead atoms. The number of amides is 3. The first-order valence-corrected chi connectivity index (χ1v) is 9.94. The highest BCUT2D eigenvalue weighted by Gasteiger charge is 2.25. The summed E-state index contributed by atoms with van der Waals surface area (Å²) >= 11 is 0. The largest absolute Gasteiger partial charge is 0.494 e. The van der Waals surface area contributed by atoms with Crippen molar-refractivity contribution in [3.63, 3.8) is 0 Å². The molecule has 0 unspecified atom stereocenters. The van der Waals surface area contributed by atoms with Crippen LogP contribution in [0.3, 0.4) is 0 Å². The Kier molecular flexibility index (Phi) is 7.98. The summed E-state index contributed by atoms with van der Waals surface area (Å²) in [5, 5.41) is 2.72. The molecule has 7 heteroatoms. The monoisotopic (exact) mass is 411 g/mol. The first-order valence-electron chi connectivity index (χ1n) is 9.94. The zero-order valence-corrected chi connectivity index (χ0v) is 18.0. The second-order valence-corrected chi connectivity index (χ2v) is 7.41. The Bertz CT molecular complexity index is 907. The summed E-state index contributed by atoms with van der Waals surface area (Å²) in [5.41, 5.74) is 7.58. The molecule has 0 aliphatic rings. The van der Waals surface area contributed by atoms with Crippen LogP contribution in [0.4, 0.5) is 0 Å². The van der Waals surface area contributed by atoms with E-state index in [9.17, 15) is 14.4 Å². The summed E-state index contributed by atoms with van der Waals surface area (Å²) in [5.74, 6) is -0.813. The summed E-state index contributed by atoms with van der Waals surface area (Å²) in [6.07, 6.45) is 0. The third-order valence-electron chi connectivity index (χ3n) is 4.59. The van der Waals surface area contributed by atoms with Gasteiger partial charge >= 0.3 is 0 Å². The van der Waals surface area contributed by atoms with E-state index < -0.39 is 17.9 Å². The Morgan fingerprint density at radius 1 is 0.933 bits per heavy atom. The summed E-state index contributed by atoms with van der Waals surface area (Å²) < 4.78 is 5.37. The molecule has 0 heterocycles. The van der Waals surface area contributed by atoms with Crippen LogP contribution in [-0.2, 0) is 4.79 Å². The van der Waals surface area contributed by atoms with E-state index in [2.05, 4.69) is 16.2 Å². The highest BCUT2D eigenvalue weighted by Crippen LogP contribution is 2.13. The van der Waals surface area contributed by atoms with Crippen molar-refractivity contribution >= 4 is 17.7 Å². The molecule has 0 aliphatic heterocycles. The number of hydrogen-bond acceptors (Lipinski definition) is 4. The molecule has 3 amide bonds. The number of carbonyl (C=O) groups is 3. The minimum Gasteiger partial charge on any atom is -0.494 e. The van der Waals surface area contributed by atoms with Gasteiger partial charge in [-0.15, -0.1) is 0 Å². The predicted molar refractivity (Wildman–Crippen MR) is 115 cm³/mol. The molecular formula is C23H29N3O4. The number of carbonyl (C=O) groups excluding carboxylic acids is 3. The zero-order valence-electron chi connectivity index (χ0n) is 18.0. The van der Waals surface area contributed by atoms with Gasteiger partial charge in [-0.3, -0.25) is 25.2 Å². The molecule has 3 N–H and O–H groups in total. The van der Waals surface area contributed by atoms with E-state index in [1.807, 2.05) is 46.8 Å². The molecule has 2 aromatic rings. The van der Waals surface area contributed by atoms with Crippen LogP contribution in [0.15, 0.2) is 42.5 Å². The van der Waals surface area contributed by atoms with Gasteiger partial charge in [0.2, 0.25) is 0 Å². The minimum absolute atomic E-state index is 0.185. The van der Waals surface area contributed by atoms with Gasteiger partial charge in [0.25, 0.3) is 17.7 Å². The number of rotatable bonds is 7. The lowest BCUT2D eigenvalue weighted by molar-refractivity contribution is -0.124. The second-order valence-electron chi connectivity index (χ2n) is 7.41. The maximum absolute atomic E-state index is 12.6. The maximum Gasteiger partial charge on any atom is 0.269 e. The lowest BCUT2D eigenvalue weighted by Gasteiger charge is -2.22. The van der Waals surface area contributed by atoms with E-state index in [0.717, 1.165) is 11.1 Å². The molecule has 0 aromatic heterocycles. The third-order valence-corrected chi connectivity index (χ3v) is 4.59. The van der Waals surface area contributed by atoms with Crippen molar-refractivity contribution in [1.82, 2.24) is 16.2 Å². The number of hydrazine groups is 1. The van der Waals surface area contributed by atoms with Crippen LogP contribution in [0.1, 0.15) is 52.6 Å². The molecule has 2 aromatic carbocycles. The Morgan fingerprint density at radius 3 is 2.17 bits per heavy atom. The Balaban J connectivity index is 2.00. The van der Waals surface area contributed by atoms with Crippen molar-refractivity contribution < 1.29 is 19.1 Å². The highest BCUT2D eigenvalue weighted by molar-refractivity contribution is 5.99. The second kappa shape index (κ2) is 10.4. The van der Waals surface area contributed by atoms with Crippen molar-refractivity contribution in [3.8, 4) is 5.75 Å². The number of nitrogens with one attached hydrogen (secondary N) is 3. The van der Waals surface area contributed by atoms with Crippen LogP contribution in [0, 0.1) is 19.8 Å². The van der Waals surface area contributed by atoms with E-state index in [0.29, 0.717) is 23.5 Å². The van der Waals surface area contributed by atoms with Gasteiger partial charge in [-0.1, -0.05) is 31.5 Å². The molecule has 0 spiro atoms. The summed E-state index contributed by atoms with van der Waals surface area (Å²) in [7, 11) is 0. The van der Waals surface area contributed by atoms with Gasteiger partial charge in [-0.25, -0.2) is 0 Å². The minimum atomic E-state index is -0.816. The molecule has 0 radical (unpaired) electrons. The standard InChI is InChI=1S/C23H29N3O4/c1-6-30-18-10-8-17(9-11-18)21(27)24-20(14(2)3)23(29)26-25-22(28)19-12-7-15(4)13-16(19)5/h7-14,20H,6H2,1-5H3,(H,24,27)(H,25,28)(H,26,29)/t20-/m0/s1. The number of ether oxygens (including phenoxy) is 1. The molecule has 0 aliphatic carbocycles. The predicted octanol–water partition coefficient (Wildman–Crippen LogP) is 2.92. The van der Waals surface area contributed by atoms with Gasteiger partial charge in [-0.2, -0.15) is 0 Å². The Labute approximate surface area is 177 Å². The number of hydrogen-bond donors (Lipinski definition) is 3. The van der Waals surface area contributed by atoms with E-state index in [1.54, 1.807) is 30.3 Å². The van der Waals surface area contributed by atoms with Crippen LogP contribution in [0.5, 0.6) is 5.75 Å². The maximum atomic E-state index is 12.6. The van der Waals surface area contributed by atoms with Crippen LogP contribution in [0.25, 0.3) is 0 Å². The lowest BCUT2D eigenvalue weighted by Crippen LogP contribution is -2.54. The normalized spacial score (nSPS) is 11.5. The quantitative estimate of drug-likeness (QED) is 0.611. The smallest absolute Gasteiger partial charge is 0.269 e. The Morgan fingerprint density at radius 2 is 1.60 bits per heavy atom. The van der Waals surface area contributed by atoms with Crippen molar-refractivity contribution in [3.05, 3.63) is 64.7 Å². The first kappa shape index (κ1) is 22.9. The number of benzene rings is 2. The van der Waals surface area contributed by atoms with Gasteiger partial charge in [0, 0.05) is 11.1 Å². The SMILES string of the molecule is CCOc1ccc(C(=O)N[C@H](C(=O)NNC(=O)c2ccc(C)cc2C)C(C)C)cc1. The van der Waals surface area contributed by atoms with Gasteiger partial charge < -0.3 is 10.1 Å². The Hall–Kier alpha value is -3.35. The van der Waals surface area contributed by atoms with Crippen molar-refractivity contribution in [2.45, 2.75) is 40.7 Å². The van der Waals surface area contributed by atoms with Crippen LogP contribution in [0.2, 0.25) is 0 Å². The van der Waals surface area contributed by atoms with Crippen molar-refractivity contribution in [2.75, 3.05) is 6.61 Å². The van der Waals surface area contributed by atoms with Gasteiger partial charge in [0.15, 0.2) is 0 Å².